The molecule has 0 radical (unpaired) electrons. The monoisotopic (exact) mass is 538 g/mol. The number of benzene rings is 1. The van der Waals surface area contributed by atoms with E-state index in [1.54, 1.807) is 16.1 Å². The molecule has 0 amide bonds. The molecule has 4 N–H and O–H groups in total. The van der Waals surface area contributed by atoms with Crippen LogP contribution in [-0.2, 0) is 6.54 Å². The molecule has 2 saturated carbocycles. The Morgan fingerprint density at radius 1 is 0.947 bits per heavy atom. The number of aliphatic hydroxyl groups is 2. The van der Waals surface area contributed by atoms with Gasteiger partial charge in [-0.1, -0.05) is 25.0 Å². The zero-order valence-electron chi connectivity index (χ0n) is 21.8. The number of anilines is 1. The standard InChI is InChI=1S/C29H38N4O4S/c34-17-29(37)14-20-13-22(29)25-24(20)27(35)33(28(25)36)16-19-6-2-1-5-18(19)15-31-9-11-32(12-10-31)26-21-7-3-4-8-23(21)38-30-26/h3-4,7-8,18-20,22,34-37H,1-2,5-6,9-17H2. The first kappa shape index (κ1) is 24.7. The minimum atomic E-state index is -1.19. The molecule has 38 heavy (non-hydrogen) atoms. The first-order valence-corrected chi connectivity index (χ1v) is 15.0. The summed E-state index contributed by atoms with van der Waals surface area (Å²) in [6, 6.07) is 8.47. The first-order valence-electron chi connectivity index (χ1n) is 14.3. The normalized spacial score (nSPS) is 31.4. The van der Waals surface area contributed by atoms with Gasteiger partial charge < -0.3 is 25.3 Å². The third-order valence-electron chi connectivity index (χ3n) is 10.1. The van der Waals surface area contributed by atoms with Crippen molar-refractivity contribution in [2.24, 2.45) is 11.8 Å². The molecule has 7 rings (SSSR count). The van der Waals surface area contributed by atoms with Gasteiger partial charge in [0.25, 0.3) is 0 Å². The average molecular weight is 539 g/mol. The van der Waals surface area contributed by atoms with E-state index in [9.17, 15) is 20.4 Å². The molecule has 1 aromatic carbocycles. The summed E-state index contributed by atoms with van der Waals surface area (Å²) in [6.07, 6.45) is 5.85. The number of hydrogen-bond acceptors (Lipinski definition) is 8. The van der Waals surface area contributed by atoms with Gasteiger partial charge in [0.1, 0.15) is 5.82 Å². The Morgan fingerprint density at radius 3 is 2.42 bits per heavy atom. The van der Waals surface area contributed by atoms with Crippen molar-refractivity contribution < 1.29 is 20.4 Å². The number of aromatic nitrogens is 2. The van der Waals surface area contributed by atoms with Crippen LogP contribution in [-0.4, -0.2) is 79.2 Å². The molecular weight excluding hydrogens is 500 g/mol. The van der Waals surface area contributed by atoms with Crippen molar-refractivity contribution in [3.05, 3.63) is 35.4 Å². The summed E-state index contributed by atoms with van der Waals surface area (Å²) >= 11 is 1.58. The van der Waals surface area contributed by atoms with E-state index in [1.807, 2.05) is 0 Å². The van der Waals surface area contributed by atoms with Crippen LogP contribution < -0.4 is 4.90 Å². The number of piperazine rings is 1. The number of hydrogen-bond donors (Lipinski definition) is 4. The van der Waals surface area contributed by atoms with E-state index >= 15 is 0 Å². The molecular formula is C29H38N4O4S. The highest BCUT2D eigenvalue weighted by molar-refractivity contribution is 7.13. The zero-order chi connectivity index (χ0) is 26.0. The van der Waals surface area contributed by atoms with E-state index in [1.165, 1.54) is 29.3 Å². The van der Waals surface area contributed by atoms with Gasteiger partial charge in [-0.2, -0.15) is 4.37 Å². The summed E-state index contributed by atoms with van der Waals surface area (Å²) in [7, 11) is 0. The smallest absolute Gasteiger partial charge is 0.197 e. The van der Waals surface area contributed by atoms with Crippen LogP contribution in [0.3, 0.4) is 0 Å². The molecule has 1 aliphatic heterocycles. The average Bonchev–Trinajstić information content (AvgIpc) is 3.68. The fourth-order valence-electron chi connectivity index (χ4n) is 8.06. The maximum Gasteiger partial charge on any atom is 0.197 e. The van der Waals surface area contributed by atoms with E-state index in [0.29, 0.717) is 36.8 Å². The second kappa shape index (κ2) is 9.40. The lowest BCUT2D eigenvalue weighted by Crippen LogP contribution is -2.49. The zero-order valence-corrected chi connectivity index (χ0v) is 22.6. The molecule has 2 aromatic heterocycles. The van der Waals surface area contributed by atoms with Crippen LogP contribution in [0, 0.1) is 11.8 Å². The molecule has 3 aliphatic carbocycles. The lowest BCUT2D eigenvalue weighted by molar-refractivity contribution is -0.0265. The van der Waals surface area contributed by atoms with Gasteiger partial charge in [0, 0.05) is 61.7 Å². The summed E-state index contributed by atoms with van der Waals surface area (Å²) in [4.78, 5) is 5.01. The van der Waals surface area contributed by atoms with Crippen LogP contribution in [0.1, 0.15) is 61.5 Å². The quantitative estimate of drug-likeness (QED) is 0.378. The molecule has 3 heterocycles. The molecule has 1 saturated heterocycles. The number of aromatic hydroxyl groups is 2. The van der Waals surface area contributed by atoms with Crippen LogP contribution in [0.2, 0.25) is 0 Å². The Bertz CT molecular complexity index is 1330. The molecule has 3 aromatic rings. The third kappa shape index (κ3) is 3.85. The molecule has 4 aliphatic rings. The first-order chi connectivity index (χ1) is 18.5. The summed E-state index contributed by atoms with van der Waals surface area (Å²) in [5.74, 6) is 2.03. The van der Waals surface area contributed by atoms with E-state index in [-0.39, 0.29) is 30.2 Å². The second-order valence-corrected chi connectivity index (χ2v) is 12.9. The summed E-state index contributed by atoms with van der Waals surface area (Å²) in [6.45, 7) is 5.35. The number of aliphatic hydroxyl groups excluding tert-OH is 1. The Morgan fingerprint density at radius 2 is 1.66 bits per heavy atom. The highest BCUT2D eigenvalue weighted by Gasteiger charge is 2.56. The van der Waals surface area contributed by atoms with Gasteiger partial charge in [-0.05, 0) is 67.1 Å². The van der Waals surface area contributed by atoms with Crippen LogP contribution in [0.15, 0.2) is 24.3 Å². The lowest BCUT2D eigenvalue weighted by atomic mass is 9.78. The maximum absolute atomic E-state index is 11.2. The minimum absolute atomic E-state index is 0.00702. The third-order valence-corrected chi connectivity index (χ3v) is 10.9. The number of fused-ring (bicyclic) bond motifs is 6. The Kier molecular flexibility index (Phi) is 6.11. The molecule has 204 valence electrons. The molecule has 3 fully saturated rings. The Labute approximate surface area is 227 Å². The topological polar surface area (TPSA) is 105 Å². The minimum Gasteiger partial charge on any atom is -0.494 e. The van der Waals surface area contributed by atoms with E-state index in [4.69, 9.17) is 4.37 Å². The number of rotatable bonds is 6. The Hall–Kier alpha value is -2.33. The fraction of sp³-hybridized carbons (Fsp3) is 0.621. The van der Waals surface area contributed by atoms with Crippen LogP contribution in [0.25, 0.3) is 10.1 Å². The highest BCUT2D eigenvalue weighted by Crippen LogP contribution is 2.63. The predicted molar refractivity (Wildman–Crippen MR) is 148 cm³/mol. The van der Waals surface area contributed by atoms with Crippen LogP contribution in [0.4, 0.5) is 5.82 Å². The van der Waals surface area contributed by atoms with Crippen molar-refractivity contribution in [2.45, 2.75) is 62.5 Å². The van der Waals surface area contributed by atoms with Crippen LogP contribution >= 0.6 is 11.5 Å². The van der Waals surface area contributed by atoms with Crippen molar-refractivity contribution in [2.75, 3.05) is 44.2 Å². The van der Waals surface area contributed by atoms with E-state index in [0.717, 1.165) is 50.5 Å². The van der Waals surface area contributed by atoms with Gasteiger partial charge >= 0.3 is 0 Å². The summed E-state index contributed by atoms with van der Waals surface area (Å²) in [5.41, 5.74) is 0.297. The Balaban J connectivity index is 1.03. The second-order valence-electron chi connectivity index (χ2n) is 12.1. The molecule has 8 nitrogen and oxygen atoms in total. The van der Waals surface area contributed by atoms with Gasteiger partial charge in [-0.15, -0.1) is 0 Å². The molecule has 5 atom stereocenters. The molecule has 9 heteroatoms. The van der Waals surface area contributed by atoms with Gasteiger partial charge in [0.05, 0.1) is 16.9 Å². The summed E-state index contributed by atoms with van der Waals surface area (Å²) < 4.78 is 7.71. The van der Waals surface area contributed by atoms with Crippen molar-refractivity contribution in [3.8, 4) is 11.8 Å². The fourth-order valence-corrected chi connectivity index (χ4v) is 8.86. The molecule has 0 spiro atoms. The van der Waals surface area contributed by atoms with E-state index in [2.05, 4.69) is 34.1 Å². The maximum atomic E-state index is 11.2. The van der Waals surface area contributed by atoms with Gasteiger partial charge in [-0.25, -0.2) is 0 Å². The van der Waals surface area contributed by atoms with E-state index < -0.39 is 5.60 Å². The van der Waals surface area contributed by atoms with Crippen molar-refractivity contribution in [1.29, 1.82) is 0 Å². The molecule has 5 unspecified atom stereocenters. The van der Waals surface area contributed by atoms with Crippen LogP contribution in [0.5, 0.6) is 11.8 Å². The largest absolute Gasteiger partial charge is 0.494 e. The lowest BCUT2D eigenvalue weighted by Gasteiger charge is -2.40. The SMILES string of the molecule is OCC1(O)CC2CC1c1c2c(O)n(CC2CCCCC2CN2CCN(c3nsc4ccccc34)CC2)c1O. The van der Waals surface area contributed by atoms with Crippen molar-refractivity contribution >= 4 is 27.4 Å². The van der Waals surface area contributed by atoms with Crippen molar-refractivity contribution in [1.82, 2.24) is 13.8 Å². The number of nitrogens with zero attached hydrogens (tertiary/aromatic N) is 4. The van der Waals surface area contributed by atoms with Crippen molar-refractivity contribution in [3.63, 3.8) is 0 Å². The summed E-state index contributed by atoms with van der Waals surface area (Å²) in [5, 5.41) is 44.3. The van der Waals surface area contributed by atoms with Gasteiger partial charge in [0.2, 0.25) is 0 Å². The van der Waals surface area contributed by atoms with Gasteiger partial charge in [-0.3, -0.25) is 9.47 Å². The van der Waals surface area contributed by atoms with Gasteiger partial charge in [0.15, 0.2) is 11.8 Å². The predicted octanol–water partition coefficient (Wildman–Crippen LogP) is 3.84. The highest BCUT2D eigenvalue weighted by atomic mass is 32.1. The molecule has 2 bridgehead atoms.